The Balaban J connectivity index is 1.54. The van der Waals surface area contributed by atoms with Crippen molar-refractivity contribution in [3.8, 4) is 28.4 Å². The van der Waals surface area contributed by atoms with Crippen LogP contribution < -0.4 is 10.1 Å². The van der Waals surface area contributed by atoms with Gasteiger partial charge in [0.15, 0.2) is 16.8 Å². The van der Waals surface area contributed by atoms with Gasteiger partial charge in [0.2, 0.25) is 5.91 Å². The predicted octanol–water partition coefficient (Wildman–Crippen LogP) is 4.31. The zero-order valence-electron chi connectivity index (χ0n) is 20.0. The number of methoxy groups -OCH3 is 1. The number of hydrogen-bond donors (Lipinski definition) is 1. The summed E-state index contributed by atoms with van der Waals surface area (Å²) >= 11 is 1.30. The maximum atomic E-state index is 12.5. The number of benzene rings is 2. The van der Waals surface area contributed by atoms with Gasteiger partial charge in [0.05, 0.1) is 18.4 Å². The van der Waals surface area contributed by atoms with Crippen LogP contribution in [0.3, 0.4) is 0 Å². The molecule has 0 unspecified atom stereocenters. The molecule has 0 bridgehead atoms. The lowest BCUT2D eigenvalue weighted by atomic mass is 10.1. The maximum Gasteiger partial charge on any atom is 0.234 e. The van der Waals surface area contributed by atoms with Gasteiger partial charge in [0.1, 0.15) is 11.4 Å². The first-order chi connectivity index (χ1) is 16.9. The Labute approximate surface area is 207 Å². The zero-order chi connectivity index (χ0) is 24.9. The number of carbonyl (C=O) groups excluding carboxylic acids is 2. The largest absolute Gasteiger partial charge is 0.497 e. The van der Waals surface area contributed by atoms with E-state index in [-0.39, 0.29) is 17.4 Å². The van der Waals surface area contributed by atoms with Crippen LogP contribution in [-0.4, -0.2) is 49.1 Å². The number of hydrogen-bond acceptors (Lipinski definition) is 7. The molecule has 2 aromatic carbocycles. The Hall–Kier alpha value is -3.92. The number of Topliss-reactive ketones (excluding diaryl/α,β-unsaturated/α-hetero) is 1. The van der Waals surface area contributed by atoms with Crippen molar-refractivity contribution in [1.29, 1.82) is 0 Å². The summed E-state index contributed by atoms with van der Waals surface area (Å²) in [7, 11) is 3.49. The molecule has 4 rings (SSSR count). The number of nitrogens with one attached hydrogen (secondary N) is 1. The van der Waals surface area contributed by atoms with E-state index in [0.717, 1.165) is 22.6 Å². The first kappa shape index (κ1) is 24.2. The molecule has 2 heterocycles. The summed E-state index contributed by atoms with van der Waals surface area (Å²) in [6.07, 6.45) is 1.91. The SMILES string of the molecule is CCn1c(SCC(=O)Nc2cccc(C(C)=O)c2)nnc1-c1cn(C)nc1-c1cccc(OC)c1. The number of rotatable bonds is 9. The number of thioether (sulfide) groups is 1. The summed E-state index contributed by atoms with van der Waals surface area (Å²) < 4.78 is 9.08. The highest BCUT2D eigenvalue weighted by Gasteiger charge is 2.21. The van der Waals surface area contributed by atoms with E-state index in [0.29, 0.717) is 28.8 Å². The van der Waals surface area contributed by atoms with Crippen molar-refractivity contribution in [2.75, 3.05) is 18.2 Å². The molecule has 0 radical (unpaired) electrons. The molecule has 0 aliphatic heterocycles. The van der Waals surface area contributed by atoms with Crippen LogP contribution in [0.5, 0.6) is 5.75 Å². The fourth-order valence-electron chi connectivity index (χ4n) is 3.66. The molecule has 35 heavy (non-hydrogen) atoms. The Kier molecular flexibility index (Phi) is 7.31. The minimum atomic E-state index is -0.193. The van der Waals surface area contributed by atoms with E-state index in [4.69, 9.17) is 4.74 Å². The second kappa shape index (κ2) is 10.6. The lowest BCUT2D eigenvalue weighted by Crippen LogP contribution is -2.15. The van der Waals surface area contributed by atoms with Gasteiger partial charge in [-0.05, 0) is 38.1 Å². The number of carbonyl (C=O) groups is 2. The fraction of sp³-hybridized carbons (Fsp3) is 0.240. The molecule has 0 saturated carbocycles. The minimum absolute atomic E-state index is 0.0530. The van der Waals surface area contributed by atoms with E-state index in [1.165, 1.54) is 18.7 Å². The van der Waals surface area contributed by atoms with Gasteiger partial charge < -0.3 is 14.6 Å². The van der Waals surface area contributed by atoms with E-state index >= 15 is 0 Å². The third-order valence-electron chi connectivity index (χ3n) is 5.33. The zero-order valence-corrected chi connectivity index (χ0v) is 20.8. The fourth-order valence-corrected chi connectivity index (χ4v) is 4.46. The highest BCUT2D eigenvalue weighted by Crippen LogP contribution is 2.33. The molecule has 0 saturated heterocycles. The minimum Gasteiger partial charge on any atom is -0.497 e. The second-order valence-corrected chi connectivity index (χ2v) is 8.76. The molecule has 1 N–H and O–H groups in total. The summed E-state index contributed by atoms with van der Waals surface area (Å²) in [5.41, 5.74) is 3.65. The molecular formula is C25H26N6O3S. The van der Waals surface area contributed by atoms with E-state index in [2.05, 4.69) is 20.6 Å². The Morgan fingerprint density at radius 2 is 1.91 bits per heavy atom. The Bertz CT molecular complexity index is 1380. The Morgan fingerprint density at radius 3 is 2.66 bits per heavy atom. The van der Waals surface area contributed by atoms with Crippen molar-refractivity contribution in [1.82, 2.24) is 24.5 Å². The van der Waals surface area contributed by atoms with E-state index in [1.54, 1.807) is 36.1 Å². The van der Waals surface area contributed by atoms with Crippen LogP contribution >= 0.6 is 11.8 Å². The quantitative estimate of drug-likeness (QED) is 0.275. The average molecular weight is 491 g/mol. The molecule has 0 spiro atoms. The Morgan fingerprint density at radius 1 is 1.11 bits per heavy atom. The standard InChI is InChI=1S/C25H26N6O3S/c1-5-31-24(21-14-30(3)29-23(21)18-9-7-11-20(13-18)34-4)27-28-25(31)35-15-22(33)26-19-10-6-8-17(12-19)16(2)32/h6-14H,5,15H2,1-4H3,(H,26,33). The molecule has 0 atom stereocenters. The van der Waals surface area contributed by atoms with E-state index in [9.17, 15) is 9.59 Å². The summed E-state index contributed by atoms with van der Waals surface area (Å²) in [5, 5.41) is 16.9. The van der Waals surface area contributed by atoms with Gasteiger partial charge in [-0.3, -0.25) is 14.3 Å². The summed E-state index contributed by atoms with van der Waals surface area (Å²) in [4.78, 5) is 24.1. The van der Waals surface area contributed by atoms with Crippen LogP contribution in [0.15, 0.2) is 59.9 Å². The number of nitrogens with zero attached hydrogens (tertiary/aromatic N) is 5. The van der Waals surface area contributed by atoms with Gasteiger partial charge in [0, 0.05) is 36.6 Å². The van der Waals surface area contributed by atoms with Crippen LogP contribution in [0, 0.1) is 0 Å². The van der Waals surface area contributed by atoms with Gasteiger partial charge in [0.25, 0.3) is 0 Å². The maximum absolute atomic E-state index is 12.5. The number of aromatic nitrogens is 5. The molecule has 0 aliphatic rings. The van der Waals surface area contributed by atoms with Crippen molar-refractivity contribution in [3.05, 3.63) is 60.3 Å². The monoisotopic (exact) mass is 490 g/mol. The lowest BCUT2D eigenvalue weighted by Gasteiger charge is -2.09. The summed E-state index contributed by atoms with van der Waals surface area (Å²) in [5.74, 6) is 1.32. The van der Waals surface area contributed by atoms with Gasteiger partial charge in [-0.25, -0.2) is 0 Å². The van der Waals surface area contributed by atoms with Crippen molar-refractivity contribution >= 4 is 29.1 Å². The number of ketones is 1. The van der Waals surface area contributed by atoms with E-state index in [1.807, 2.05) is 49.0 Å². The second-order valence-electron chi connectivity index (χ2n) is 7.82. The predicted molar refractivity (Wildman–Crippen MR) is 136 cm³/mol. The third kappa shape index (κ3) is 5.43. The van der Waals surface area contributed by atoms with Gasteiger partial charge in [-0.15, -0.1) is 10.2 Å². The van der Waals surface area contributed by atoms with Crippen LogP contribution in [0.25, 0.3) is 22.6 Å². The molecule has 180 valence electrons. The first-order valence-corrected chi connectivity index (χ1v) is 12.0. The van der Waals surface area contributed by atoms with Crippen molar-refractivity contribution in [2.45, 2.75) is 25.5 Å². The number of aryl methyl sites for hydroxylation is 1. The lowest BCUT2D eigenvalue weighted by molar-refractivity contribution is -0.113. The molecule has 10 heteroatoms. The van der Waals surface area contributed by atoms with Crippen LogP contribution in [0.2, 0.25) is 0 Å². The molecule has 1 amide bonds. The van der Waals surface area contributed by atoms with Crippen LogP contribution in [0.1, 0.15) is 24.2 Å². The van der Waals surface area contributed by atoms with Gasteiger partial charge in [-0.1, -0.05) is 36.0 Å². The van der Waals surface area contributed by atoms with Gasteiger partial charge in [-0.2, -0.15) is 5.10 Å². The topological polar surface area (TPSA) is 104 Å². The molecule has 2 aromatic heterocycles. The summed E-state index contributed by atoms with van der Waals surface area (Å²) in [6, 6.07) is 14.6. The van der Waals surface area contributed by atoms with Gasteiger partial charge >= 0.3 is 0 Å². The van der Waals surface area contributed by atoms with E-state index < -0.39 is 0 Å². The van der Waals surface area contributed by atoms with Crippen LogP contribution in [-0.2, 0) is 18.4 Å². The average Bonchev–Trinajstić information content (AvgIpc) is 3.45. The normalized spacial score (nSPS) is 10.9. The van der Waals surface area contributed by atoms with Crippen molar-refractivity contribution in [2.24, 2.45) is 7.05 Å². The number of anilines is 1. The highest BCUT2D eigenvalue weighted by molar-refractivity contribution is 7.99. The molecule has 0 fully saturated rings. The number of ether oxygens (including phenoxy) is 1. The number of amides is 1. The van der Waals surface area contributed by atoms with Crippen molar-refractivity contribution in [3.63, 3.8) is 0 Å². The third-order valence-corrected chi connectivity index (χ3v) is 6.30. The molecular weight excluding hydrogens is 464 g/mol. The molecule has 0 aliphatic carbocycles. The highest BCUT2D eigenvalue weighted by atomic mass is 32.2. The smallest absolute Gasteiger partial charge is 0.234 e. The van der Waals surface area contributed by atoms with Crippen molar-refractivity contribution < 1.29 is 14.3 Å². The summed E-state index contributed by atoms with van der Waals surface area (Å²) in [6.45, 7) is 4.12. The molecule has 4 aromatic rings. The van der Waals surface area contributed by atoms with Crippen LogP contribution in [0.4, 0.5) is 5.69 Å². The first-order valence-electron chi connectivity index (χ1n) is 11.0. The molecule has 9 nitrogen and oxygen atoms in total.